The summed E-state index contributed by atoms with van der Waals surface area (Å²) in [5.74, 6) is 0.0864. The lowest BCUT2D eigenvalue weighted by Gasteiger charge is -2.33. The number of nitro groups is 1. The summed E-state index contributed by atoms with van der Waals surface area (Å²) in [6, 6.07) is 0. The number of hydrogen-bond acceptors (Lipinski definition) is 5. The third kappa shape index (κ3) is 3.53. The van der Waals surface area contributed by atoms with Crippen molar-refractivity contribution in [2.45, 2.75) is 39.8 Å². The molecule has 1 unspecified atom stereocenters. The quantitative estimate of drug-likeness (QED) is 0.585. The largest absolute Gasteiger partial charge is 0.381 e. The Morgan fingerprint density at radius 1 is 1.65 bits per heavy atom. The van der Waals surface area contributed by atoms with Gasteiger partial charge >= 0.3 is 5.82 Å². The van der Waals surface area contributed by atoms with Gasteiger partial charge in [0.1, 0.15) is 12.7 Å². The van der Waals surface area contributed by atoms with Gasteiger partial charge in [-0.3, -0.25) is 9.36 Å². The van der Waals surface area contributed by atoms with Gasteiger partial charge in [0.05, 0.1) is 5.54 Å². The van der Waals surface area contributed by atoms with Crippen LogP contribution in [-0.4, -0.2) is 32.5 Å². The summed E-state index contributed by atoms with van der Waals surface area (Å²) in [6.45, 7) is 7.74. The maximum atomic E-state index is 12.0. The van der Waals surface area contributed by atoms with Gasteiger partial charge in [0.25, 0.3) is 0 Å². The van der Waals surface area contributed by atoms with Crippen LogP contribution in [0.5, 0.6) is 0 Å². The van der Waals surface area contributed by atoms with Crippen LogP contribution in [0.2, 0.25) is 0 Å². The second kappa shape index (κ2) is 6.00. The van der Waals surface area contributed by atoms with E-state index in [4.69, 9.17) is 5.73 Å². The summed E-state index contributed by atoms with van der Waals surface area (Å²) in [7, 11) is 0. The van der Waals surface area contributed by atoms with Gasteiger partial charge in [0.2, 0.25) is 11.7 Å². The lowest BCUT2D eigenvalue weighted by molar-refractivity contribution is -0.389. The van der Waals surface area contributed by atoms with E-state index in [1.165, 1.54) is 10.8 Å². The Hall–Kier alpha value is -1.96. The van der Waals surface area contributed by atoms with Gasteiger partial charge in [0, 0.05) is 13.5 Å². The van der Waals surface area contributed by atoms with Crippen molar-refractivity contribution >= 4 is 11.7 Å². The molecule has 0 bridgehead atoms. The number of carbonyl (C=O) groups is 1. The molecule has 0 fully saturated rings. The minimum atomic E-state index is -0.584. The lowest BCUT2D eigenvalue weighted by atomic mass is 9.88. The van der Waals surface area contributed by atoms with Gasteiger partial charge in [-0.2, -0.15) is 0 Å². The van der Waals surface area contributed by atoms with Gasteiger partial charge in [-0.25, -0.2) is 0 Å². The van der Waals surface area contributed by atoms with Gasteiger partial charge in [-0.1, -0.05) is 13.8 Å². The van der Waals surface area contributed by atoms with E-state index >= 15 is 0 Å². The third-order valence-corrected chi connectivity index (χ3v) is 3.59. The van der Waals surface area contributed by atoms with E-state index in [2.05, 4.69) is 10.3 Å². The first-order chi connectivity index (χ1) is 9.19. The number of carbonyl (C=O) groups excluding carboxylic acids is 1. The van der Waals surface area contributed by atoms with Crippen LogP contribution in [0.25, 0.3) is 0 Å². The summed E-state index contributed by atoms with van der Waals surface area (Å²) in [4.78, 5) is 25.9. The Bertz CT molecular complexity index is 511. The number of nitrogens with zero attached hydrogens (tertiary/aromatic N) is 3. The van der Waals surface area contributed by atoms with Gasteiger partial charge in [-0.05, 0) is 22.7 Å². The second-order valence-corrected chi connectivity index (χ2v) is 5.36. The van der Waals surface area contributed by atoms with Gasteiger partial charge in [-0.15, -0.1) is 0 Å². The minimum Gasteiger partial charge on any atom is -0.358 e. The highest BCUT2D eigenvalue weighted by Gasteiger charge is 2.29. The molecule has 1 rings (SSSR count). The molecule has 1 atom stereocenters. The summed E-state index contributed by atoms with van der Waals surface area (Å²) in [5.41, 5.74) is 5.20. The third-order valence-electron chi connectivity index (χ3n) is 3.59. The molecule has 0 aliphatic heterocycles. The van der Waals surface area contributed by atoms with Crippen LogP contribution < -0.4 is 11.1 Å². The maximum absolute atomic E-state index is 12.0. The number of amides is 1. The van der Waals surface area contributed by atoms with Crippen molar-refractivity contribution in [3.05, 3.63) is 22.1 Å². The molecule has 0 spiro atoms. The number of nitrogens with two attached hydrogens (primary N) is 1. The average molecular weight is 283 g/mol. The van der Waals surface area contributed by atoms with E-state index in [1.807, 2.05) is 20.8 Å². The highest BCUT2D eigenvalue weighted by Crippen LogP contribution is 2.15. The highest BCUT2D eigenvalue weighted by molar-refractivity contribution is 5.76. The Kier molecular flexibility index (Phi) is 4.83. The van der Waals surface area contributed by atoms with Crippen LogP contribution in [-0.2, 0) is 11.3 Å². The van der Waals surface area contributed by atoms with Crippen molar-refractivity contribution in [3.63, 3.8) is 0 Å². The Labute approximate surface area is 117 Å². The molecular weight excluding hydrogens is 262 g/mol. The predicted octanol–water partition coefficient (Wildman–Crippen LogP) is 0.589. The average Bonchev–Trinajstić information content (AvgIpc) is 2.70. The Balaban J connectivity index is 2.79. The Morgan fingerprint density at radius 2 is 2.25 bits per heavy atom. The number of rotatable bonds is 6. The molecule has 3 N–H and O–H groups in total. The fourth-order valence-corrected chi connectivity index (χ4v) is 1.68. The zero-order chi connectivity index (χ0) is 15.5. The minimum absolute atomic E-state index is 0.0189. The van der Waals surface area contributed by atoms with Crippen molar-refractivity contribution in [1.29, 1.82) is 0 Å². The number of imidazole rings is 1. The summed E-state index contributed by atoms with van der Waals surface area (Å²) < 4.78 is 1.45. The van der Waals surface area contributed by atoms with Crippen molar-refractivity contribution in [3.8, 4) is 0 Å². The summed E-state index contributed by atoms with van der Waals surface area (Å²) in [6.07, 6.45) is 1.25. The molecule has 0 saturated heterocycles. The maximum Gasteiger partial charge on any atom is 0.381 e. The number of aryl methyl sites for hydroxylation is 1. The molecule has 8 heteroatoms. The van der Waals surface area contributed by atoms with Crippen molar-refractivity contribution in [2.75, 3.05) is 6.54 Å². The molecule has 1 heterocycles. The topological polar surface area (TPSA) is 116 Å². The van der Waals surface area contributed by atoms with Crippen LogP contribution in [0.3, 0.4) is 0 Å². The molecule has 0 aliphatic carbocycles. The molecule has 0 aromatic carbocycles. The molecule has 112 valence electrons. The molecule has 0 aliphatic rings. The van der Waals surface area contributed by atoms with Gasteiger partial charge < -0.3 is 21.2 Å². The van der Waals surface area contributed by atoms with Crippen LogP contribution in [0.1, 0.15) is 26.6 Å². The first kappa shape index (κ1) is 16.1. The van der Waals surface area contributed by atoms with E-state index in [0.29, 0.717) is 12.4 Å². The molecule has 0 saturated carbocycles. The molecule has 0 radical (unpaired) electrons. The van der Waals surface area contributed by atoms with Crippen LogP contribution in [0, 0.1) is 23.0 Å². The van der Waals surface area contributed by atoms with Crippen molar-refractivity contribution < 1.29 is 9.72 Å². The van der Waals surface area contributed by atoms with Crippen LogP contribution >= 0.6 is 0 Å². The monoisotopic (exact) mass is 283 g/mol. The molecule has 8 nitrogen and oxygen atoms in total. The lowest BCUT2D eigenvalue weighted by Crippen LogP contribution is -2.55. The number of hydrogen-bond donors (Lipinski definition) is 2. The normalized spacial score (nSPS) is 14.1. The Morgan fingerprint density at radius 3 is 2.65 bits per heavy atom. The summed E-state index contributed by atoms with van der Waals surface area (Å²) >= 11 is 0. The highest BCUT2D eigenvalue weighted by atomic mass is 16.6. The van der Waals surface area contributed by atoms with E-state index in [0.717, 1.165) is 0 Å². The summed E-state index contributed by atoms with van der Waals surface area (Å²) in [5, 5.41) is 13.5. The SMILES string of the molecule is Cc1nc([N+](=O)[O-])cn1CC(=O)NC(C)(CN)C(C)C. The van der Waals surface area contributed by atoms with E-state index in [-0.39, 0.29) is 24.2 Å². The molecule has 20 heavy (non-hydrogen) atoms. The smallest absolute Gasteiger partial charge is 0.358 e. The molecule has 1 aromatic rings. The number of nitrogens with one attached hydrogen (secondary N) is 1. The molecule has 1 aromatic heterocycles. The number of aromatic nitrogens is 2. The first-order valence-electron chi connectivity index (χ1n) is 6.39. The fraction of sp³-hybridized carbons (Fsp3) is 0.667. The van der Waals surface area contributed by atoms with Crippen molar-refractivity contribution in [1.82, 2.24) is 14.9 Å². The fourth-order valence-electron chi connectivity index (χ4n) is 1.68. The van der Waals surface area contributed by atoms with E-state index in [1.54, 1.807) is 6.92 Å². The zero-order valence-corrected chi connectivity index (χ0v) is 12.2. The van der Waals surface area contributed by atoms with Gasteiger partial charge in [0.15, 0.2) is 0 Å². The van der Waals surface area contributed by atoms with Crippen LogP contribution in [0.15, 0.2) is 6.20 Å². The first-order valence-corrected chi connectivity index (χ1v) is 6.39. The standard InChI is InChI=1S/C12H21N5O3/c1-8(2)12(4,7-13)15-11(18)6-16-5-10(17(19)20)14-9(16)3/h5,8H,6-7,13H2,1-4H3,(H,15,18). The zero-order valence-electron chi connectivity index (χ0n) is 12.2. The molecule has 1 amide bonds. The molecular formula is C12H21N5O3. The van der Waals surface area contributed by atoms with Crippen LogP contribution in [0.4, 0.5) is 5.82 Å². The second-order valence-electron chi connectivity index (χ2n) is 5.36. The van der Waals surface area contributed by atoms with E-state index < -0.39 is 10.5 Å². The van der Waals surface area contributed by atoms with E-state index in [9.17, 15) is 14.9 Å². The predicted molar refractivity (Wildman–Crippen MR) is 74.1 cm³/mol. The van der Waals surface area contributed by atoms with Crippen molar-refractivity contribution in [2.24, 2.45) is 11.7 Å².